The zero-order chi connectivity index (χ0) is 33.4. The van der Waals surface area contributed by atoms with E-state index in [2.05, 4.69) is 56.8 Å². The predicted octanol–water partition coefficient (Wildman–Crippen LogP) is 5.58. The van der Waals surface area contributed by atoms with Crippen molar-refractivity contribution in [3.8, 4) is 63.0 Å². The topological polar surface area (TPSA) is 163 Å². The van der Waals surface area contributed by atoms with E-state index in [1.807, 2.05) is 60.7 Å². The third kappa shape index (κ3) is 6.76. The predicted molar refractivity (Wildman–Crippen MR) is 176 cm³/mol. The van der Waals surface area contributed by atoms with Crippen molar-refractivity contribution in [3.63, 3.8) is 0 Å². The maximum atomic E-state index is 14.4. The van der Waals surface area contributed by atoms with Gasteiger partial charge in [0.25, 0.3) is 0 Å². The first-order chi connectivity index (χ1) is 24.2. The fourth-order valence-electron chi connectivity index (χ4n) is 4.70. The molecule has 0 saturated heterocycles. The molecule has 6 aromatic heterocycles. The lowest BCUT2D eigenvalue weighted by atomic mass is 10.0. The summed E-state index contributed by atoms with van der Waals surface area (Å²) < 4.78 is 14.4. The van der Waals surface area contributed by atoms with Crippen LogP contribution in [0.4, 0.5) is 4.39 Å². The molecule has 8 rings (SSSR count). The normalized spacial score (nSPS) is 10.5. The van der Waals surface area contributed by atoms with Gasteiger partial charge in [-0.15, -0.1) is 30.0 Å². The minimum Gasteiger partial charge on any atom is -0.256 e. The van der Waals surface area contributed by atoms with E-state index in [0.717, 1.165) is 11.3 Å². The van der Waals surface area contributed by atoms with Gasteiger partial charge in [-0.05, 0) is 89.3 Å². The highest BCUT2D eigenvalue weighted by atomic mass is 19.1. The maximum Gasteiger partial charge on any atom is 0.223 e. The van der Waals surface area contributed by atoms with E-state index in [9.17, 15) is 9.65 Å². The van der Waals surface area contributed by atoms with Crippen LogP contribution in [-0.4, -0.2) is 60.4 Å². The number of aromatic nitrogens is 12. The van der Waals surface area contributed by atoms with Crippen molar-refractivity contribution in [2.75, 3.05) is 0 Å². The van der Waals surface area contributed by atoms with Gasteiger partial charge in [-0.1, -0.05) is 24.3 Å². The lowest BCUT2D eigenvalue weighted by Gasteiger charge is -2.05. The molecule has 0 aliphatic heterocycles. The third-order valence-electron chi connectivity index (χ3n) is 7.04. The Balaban J connectivity index is 0.000000154. The molecule has 0 bridgehead atoms. The van der Waals surface area contributed by atoms with Crippen LogP contribution in [-0.2, 0) is 0 Å². The molecule has 0 N–H and O–H groups in total. The van der Waals surface area contributed by atoms with Crippen molar-refractivity contribution in [3.05, 3.63) is 145 Å². The molecule has 14 heteroatoms. The molecule has 0 fully saturated rings. The van der Waals surface area contributed by atoms with E-state index in [-0.39, 0.29) is 0 Å². The number of hydrogen-bond donors (Lipinski definition) is 0. The first kappa shape index (κ1) is 30.3. The number of benzene rings is 2. The molecular weight excluding hydrogens is 621 g/mol. The van der Waals surface area contributed by atoms with Gasteiger partial charge >= 0.3 is 0 Å². The standard InChI is InChI=1S/C18H11N7.C17H11FN6/c19-12-13-11-14(7-8-15(13)16-5-1-3-9-20-16)25-23-18(22-24-25)17-6-2-4-10-21-17;18-14-11-12(7-8-13(14)15-5-1-3-9-19-15)24-22-17(21-23-24)16-6-2-4-10-20-16/h1-11H;1-11H. The molecule has 49 heavy (non-hydrogen) atoms. The molecule has 8 aromatic rings. The second-order valence-electron chi connectivity index (χ2n) is 10.2. The Morgan fingerprint density at radius 3 is 1.41 bits per heavy atom. The summed E-state index contributed by atoms with van der Waals surface area (Å²) in [7, 11) is 0. The highest BCUT2D eigenvalue weighted by Gasteiger charge is 2.13. The van der Waals surface area contributed by atoms with Gasteiger partial charge in [0.05, 0.1) is 34.4 Å². The number of halogens is 1. The number of pyridine rings is 4. The molecule has 2 aromatic carbocycles. The smallest absolute Gasteiger partial charge is 0.223 e. The summed E-state index contributed by atoms with van der Waals surface area (Å²) in [5, 5.41) is 34.1. The first-order valence-electron chi connectivity index (χ1n) is 14.8. The lowest BCUT2D eigenvalue weighted by molar-refractivity contribution is 0.624. The van der Waals surface area contributed by atoms with Gasteiger partial charge in [0.2, 0.25) is 11.6 Å². The van der Waals surface area contributed by atoms with Crippen molar-refractivity contribution < 1.29 is 4.39 Å². The van der Waals surface area contributed by atoms with Crippen LogP contribution < -0.4 is 0 Å². The summed E-state index contributed by atoms with van der Waals surface area (Å²) in [6, 6.07) is 34.2. The average molecular weight is 644 g/mol. The number of tetrazole rings is 2. The summed E-state index contributed by atoms with van der Waals surface area (Å²) in [6.07, 6.45) is 6.64. The fourth-order valence-corrected chi connectivity index (χ4v) is 4.70. The van der Waals surface area contributed by atoms with Crippen molar-refractivity contribution in [1.82, 2.24) is 60.4 Å². The minimum atomic E-state index is -0.400. The Morgan fingerprint density at radius 2 is 0.959 bits per heavy atom. The van der Waals surface area contributed by atoms with Gasteiger partial charge in [-0.25, -0.2) is 4.39 Å². The van der Waals surface area contributed by atoms with Crippen LogP contribution in [0.5, 0.6) is 0 Å². The van der Waals surface area contributed by atoms with Crippen molar-refractivity contribution in [1.29, 1.82) is 5.26 Å². The van der Waals surface area contributed by atoms with E-state index in [0.29, 0.717) is 51.2 Å². The monoisotopic (exact) mass is 643 g/mol. The first-order valence-corrected chi connectivity index (χ1v) is 14.8. The van der Waals surface area contributed by atoms with Gasteiger partial charge in [0, 0.05) is 42.0 Å². The Morgan fingerprint density at radius 1 is 0.510 bits per heavy atom. The molecule has 0 saturated carbocycles. The van der Waals surface area contributed by atoms with Gasteiger partial charge in [-0.2, -0.15) is 5.26 Å². The second-order valence-corrected chi connectivity index (χ2v) is 10.2. The Labute approximate surface area is 278 Å². The van der Waals surface area contributed by atoms with E-state index in [1.165, 1.54) is 15.7 Å². The molecule has 0 radical (unpaired) electrons. The van der Waals surface area contributed by atoms with Crippen LogP contribution in [0, 0.1) is 17.1 Å². The lowest BCUT2D eigenvalue weighted by Crippen LogP contribution is -2.00. The molecule has 0 spiro atoms. The Kier molecular flexibility index (Phi) is 8.61. The maximum absolute atomic E-state index is 14.4. The van der Waals surface area contributed by atoms with Crippen LogP contribution >= 0.6 is 0 Å². The Bertz CT molecular complexity index is 2360. The van der Waals surface area contributed by atoms with E-state index in [1.54, 1.807) is 67.3 Å². The van der Waals surface area contributed by atoms with E-state index >= 15 is 0 Å². The minimum absolute atomic E-state index is 0.379. The molecule has 0 aliphatic carbocycles. The summed E-state index contributed by atoms with van der Waals surface area (Å²) in [4.78, 5) is 19.5. The molecular formula is C35H22FN13. The highest BCUT2D eigenvalue weighted by molar-refractivity contribution is 5.69. The number of nitrogens with zero attached hydrogens (tertiary/aromatic N) is 13. The van der Waals surface area contributed by atoms with Gasteiger partial charge in [0.15, 0.2) is 0 Å². The molecule has 0 atom stereocenters. The van der Waals surface area contributed by atoms with Crippen LogP contribution in [0.25, 0.3) is 56.9 Å². The summed E-state index contributed by atoms with van der Waals surface area (Å²) in [6.45, 7) is 0. The molecule has 234 valence electrons. The highest BCUT2D eigenvalue weighted by Crippen LogP contribution is 2.24. The second kappa shape index (κ2) is 13.9. The number of nitriles is 1. The zero-order valence-electron chi connectivity index (χ0n) is 25.4. The molecule has 0 unspecified atom stereocenters. The average Bonchev–Trinajstić information content (AvgIpc) is 3.88. The SMILES string of the molecule is Fc1cc(-n2nnc(-c3ccccn3)n2)ccc1-c1ccccn1.N#Cc1cc(-n2nnc(-c3ccccn3)n2)ccc1-c1ccccn1. The van der Waals surface area contributed by atoms with E-state index < -0.39 is 5.82 Å². The molecule has 0 amide bonds. The van der Waals surface area contributed by atoms with Crippen molar-refractivity contribution in [2.45, 2.75) is 0 Å². The zero-order valence-corrected chi connectivity index (χ0v) is 25.4. The van der Waals surface area contributed by atoms with Gasteiger partial charge in [0.1, 0.15) is 17.2 Å². The summed E-state index contributed by atoms with van der Waals surface area (Å²) in [5.74, 6) is 0.403. The number of hydrogen-bond acceptors (Lipinski definition) is 11. The van der Waals surface area contributed by atoms with E-state index in [4.69, 9.17) is 0 Å². The molecule has 13 nitrogen and oxygen atoms in total. The van der Waals surface area contributed by atoms with Crippen LogP contribution in [0.15, 0.2) is 134 Å². The molecule has 0 aliphatic rings. The van der Waals surface area contributed by atoms with Gasteiger partial charge < -0.3 is 0 Å². The molecule has 6 heterocycles. The Hall–Kier alpha value is -7.40. The van der Waals surface area contributed by atoms with Crippen LogP contribution in [0.1, 0.15) is 5.56 Å². The van der Waals surface area contributed by atoms with Crippen LogP contribution in [0.3, 0.4) is 0 Å². The van der Waals surface area contributed by atoms with Crippen molar-refractivity contribution in [2.24, 2.45) is 0 Å². The van der Waals surface area contributed by atoms with Crippen molar-refractivity contribution >= 4 is 0 Å². The van der Waals surface area contributed by atoms with Gasteiger partial charge in [-0.3, -0.25) is 19.9 Å². The van der Waals surface area contributed by atoms with Crippen LogP contribution in [0.2, 0.25) is 0 Å². The summed E-state index contributed by atoms with van der Waals surface area (Å²) >= 11 is 0. The fraction of sp³-hybridized carbons (Fsp3) is 0. The third-order valence-corrected chi connectivity index (χ3v) is 7.04. The number of rotatable bonds is 6. The summed E-state index contributed by atoms with van der Waals surface area (Å²) in [5.41, 5.74) is 5.35. The quantitative estimate of drug-likeness (QED) is 0.222. The largest absolute Gasteiger partial charge is 0.256 e.